The molecular formula is C13H21N7. The van der Waals surface area contributed by atoms with Crippen LogP contribution < -0.4 is 10.6 Å². The van der Waals surface area contributed by atoms with E-state index in [1.807, 2.05) is 10.6 Å². The highest BCUT2D eigenvalue weighted by molar-refractivity contribution is 5.63. The van der Waals surface area contributed by atoms with Gasteiger partial charge in [0.2, 0.25) is 5.65 Å². The fraction of sp³-hybridized carbons (Fsp3) is 0.615. The zero-order valence-electron chi connectivity index (χ0n) is 11.8. The van der Waals surface area contributed by atoms with Crippen molar-refractivity contribution in [3.05, 3.63) is 18.7 Å². The van der Waals surface area contributed by atoms with E-state index in [2.05, 4.69) is 31.9 Å². The minimum absolute atomic E-state index is 0.555. The first-order valence-electron chi connectivity index (χ1n) is 7.09. The molecule has 108 valence electrons. The maximum Gasteiger partial charge on any atom is 0.203 e. The number of aromatic nitrogens is 4. The highest BCUT2D eigenvalue weighted by Crippen LogP contribution is 2.18. The molecule has 1 saturated heterocycles. The van der Waals surface area contributed by atoms with Crippen LogP contribution >= 0.6 is 0 Å². The van der Waals surface area contributed by atoms with E-state index in [9.17, 15) is 0 Å². The van der Waals surface area contributed by atoms with Crippen molar-refractivity contribution in [1.29, 1.82) is 0 Å². The smallest absolute Gasteiger partial charge is 0.203 e. The summed E-state index contributed by atoms with van der Waals surface area (Å²) in [6.45, 7) is 8.05. The Hall–Kier alpha value is -1.73. The lowest BCUT2D eigenvalue weighted by Crippen LogP contribution is -2.48. The van der Waals surface area contributed by atoms with Gasteiger partial charge in [0.05, 0.1) is 0 Å². The summed E-state index contributed by atoms with van der Waals surface area (Å²) in [5.41, 5.74) is 6.52. The van der Waals surface area contributed by atoms with Crippen LogP contribution in [0.2, 0.25) is 0 Å². The molecule has 0 bridgehead atoms. The summed E-state index contributed by atoms with van der Waals surface area (Å²) >= 11 is 0. The molecule has 2 aromatic heterocycles. The molecule has 3 rings (SSSR count). The van der Waals surface area contributed by atoms with Gasteiger partial charge >= 0.3 is 0 Å². The number of rotatable bonds is 4. The van der Waals surface area contributed by atoms with Crippen molar-refractivity contribution < 1.29 is 0 Å². The van der Waals surface area contributed by atoms with Gasteiger partial charge in [-0.15, -0.1) is 10.2 Å². The standard InChI is InChI=1S/C13H21N7/c1-11(8-14)9-18-4-6-19(7-5-18)12-13-17-16-10-20(13)3-2-15-12/h2-3,10-11H,4-9,14H2,1H3. The van der Waals surface area contributed by atoms with E-state index in [4.69, 9.17) is 5.73 Å². The van der Waals surface area contributed by atoms with E-state index in [0.29, 0.717) is 5.92 Å². The van der Waals surface area contributed by atoms with E-state index in [1.54, 1.807) is 12.5 Å². The van der Waals surface area contributed by atoms with Gasteiger partial charge in [0, 0.05) is 45.1 Å². The van der Waals surface area contributed by atoms with Gasteiger partial charge in [-0.25, -0.2) is 4.98 Å². The van der Waals surface area contributed by atoms with E-state index < -0.39 is 0 Å². The quantitative estimate of drug-likeness (QED) is 0.836. The molecule has 1 unspecified atom stereocenters. The monoisotopic (exact) mass is 275 g/mol. The van der Waals surface area contributed by atoms with Crippen LogP contribution in [0.1, 0.15) is 6.92 Å². The van der Waals surface area contributed by atoms with Crippen molar-refractivity contribution in [3.8, 4) is 0 Å². The Bertz CT molecular complexity index is 559. The number of nitrogens with two attached hydrogens (primary N) is 1. The molecule has 1 fully saturated rings. The van der Waals surface area contributed by atoms with Crippen LogP contribution in [0, 0.1) is 5.92 Å². The van der Waals surface area contributed by atoms with Gasteiger partial charge in [-0.1, -0.05) is 6.92 Å². The van der Waals surface area contributed by atoms with Gasteiger partial charge in [-0.2, -0.15) is 0 Å². The normalized spacial score (nSPS) is 18.6. The average Bonchev–Trinajstić information content (AvgIpc) is 2.96. The van der Waals surface area contributed by atoms with E-state index in [0.717, 1.165) is 50.7 Å². The van der Waals surface area contributed by atoms with E-state index >= 15 is 0 Å². The predicted octanol–water partition coefficient (Wildman–Crippen LogP) is -0.159. The van der Waals surface area contributed by atoms with Crippen molar-refractivity contribution >= 4 is 11.5 Å². The zero-order valence-corrected chi connectivity index (χ0v) is 11.8. The molecule has 7 heteroatoms. The minimum atomic E-state index is 0.555. The molecule has 0 aromatic carbocycles. The number of hydrogen-bond acceptors (Lipinski definition) is 6. The molecule has 0 aliphatic carbocycles. The van der Waals surface area contributed by atoms with Crippen molar-refractivity contribution in [1.82, 2.24) is 24.5 Å². The summed E-state index contributed by atoms with van der Waals surface area (Å²) in [5.74, 6) is 1.48. The molecule has 1 aliphatic heterocycles. The Balaban J connectivity index is 1.67. The molecule has 7 nitrogen and oxygen atoms in total. The fourth-order valence-corrected chi connectivity index (χ4v) is 2.63. The molecule has 0 amide bonds. The van der Waals surface area contributed by atoms with Crippen molar-refractivity contribution in [3.63, 3.8) is 0 Å². The number of anilines is 1. The summed E-state index contributed by atoms with van der Waals surface area (Å²) < 4.78 is 1.91. The minimum Gasteiger partial charge on any atom is -0.351 e. The Labute approximate surface area is 118 Å². The van der Waals surface area contributed by atoms with Crippen molar-refractivity contribution in [2.24, 2.45) is 11.7 Å². The zero-order chi connectivity index (χ0) is 13.9. The van der Waals surface area contributed by atoms with Crippen LogP contribution in [0.4, 0.5) is 5.82 Å². The van der Waals surface area contributed by atoms with Crippen molar-refractivity contribution in [2.75, 3.05) is 44.2 Å². The molecule has 0 radical (unpaired) electrons. The first-order valence-corrected chi connectivity index (χ1v) is 7.09. The van der Waals surface area contributed by atoms with E-state index in [-0.39, 0.29) is 0 Å². The van der Waals surface area contributed by atoms with Gasteiger partial charge in [0.15, 0.2) is 5.82 Å². The largest absolute Gasteiger partial charge is 0.351 e. The number of nitrogens with zero attached hydrogens (tertiary/aromatic N) is 6. The molecule has 0 saturated carbocycles. The Kier molecular flexibility index (Phi) is 3.79. The SMILES string of the molecule is CC(CN)CN1CCN(c2nccn3cnnc23)CC1. The molecule has 1 atom stereocenters. The van der Waals surface area contributed by atoms with Crippen LogP contribution in [0.3, 0.4) is 0 Å². The Morgan fingerprint density at radius 1 is 1.30 bits per heavy atom. The lowest BCUT2D eigenvalue weighted by atomic mass is 10.1. The summed E-state index contributed by atoms with van der Waals surface area (Å²) in [6, 6.07) is 0. The predicted molar refractivity (Wildman–Crippen MR) is 77.7 cm³/mol. The lowest BCUT2D eigenvalue weighted by Gasteiger charge is -2.36. The molecule has 20 heavy (non-hydrogen) atoms. The Morgan fingerprint density at radius 3 is 2.85 bits per heavy atom. The summed E-state index contributed by atoms with van der Waals surface area (Å²) in [6.07, 6.45) is 5.38. The van der Waals surface area contributed by atoms with Gasteiger partial charge in [-0.05, 0) is 12.5 Å². The van der Waals surface area contributed by atoms with Gasteiger partial charge in [0.25, 0.3) is 0 Å². The molecule has 0 spiro atoms. The number of hydrogen-bond donors (Lipinski definition) is 1. The second kappa shape index (κ2) is 5.72. The average molecular weight is 275 g/mol. The van der Waals surface area contributed by atoms with Crippen LogP contribution in [0.25, 0.3) is 5.65 Å². The first-order chi connectivity index (χ1) is 9.78. The summed E-state index contributed by atoms with van der Waals surface area (Å²) in [7, 11) is 0. The van der Waals surface area contributed by atoms with Gasteiger partial charge in [0.1, 0.15) is 6.33 Å². The van der Waals surface area contributed by atoms with Crippen LogP contribution in [0.15, 0.2) is 18.7 Å². The topological polar surface area (TPSA) is 75.6 Å². The highest BCUT2D eigenvalue weighted by Gasteiger charge is 2.21. The third-order valence-corrected chi connectivity index (χ3v) is 3.84. The second-order valence-electron chi connectivity index (χ2n) is 5.44. The van der Waals surface area contributed by atoms with E-state index in [1.165, 1.54) is 0 Å². The molecule has 3 heterocycles. The maximum atomic E-state index is 5.69. The molecule has 2 N–H and O–H groups in total. The molecule has 1 aliphatic rings. The van der Waals surface area contributed by atoms with Gasteiger partial charge < -0.3 is 10.6 Å². The number of fused-ring (bicyclic) bond motifs is 1. The second-order valence-corrected chi connectivity index (χ2v) is 5.44. The highest BCUT2D eigenvalue weighted by atomic mass is 15.3. The number of piperazine rings is 1. The van der Waals surface area contributed by atoms with Crippen molar-refractivity contribution in [2.45, 2.75) is 6.92 Å². The first kappa shape index (κ1) is 13.3. The fourth-order valence-electron chi connectivity index (χ4n) is 2.63. The maximum absolute atomic E-state index is 5.69. The lowest BCUT2D eigenvalue weighted by molar-refractivity contribution is 0.227. The summed E-state index contributed by atoms with van der Waals surface area (Å²) in [5, 5.41) is 8.10. The third kappa shape index (κ3) is 2.59. The van der Waals surface area contributed by atoms with Crippen LogP contribution in [0.5, 0.6) is 0 Å². The molecular weight excluding hydrogens is 254 g/mol. The van der Waals surface area contributed by atoms with Crippen LogP contribution in [-0.4, -0.2) is 63.8 Å². The third-order valence-electron chi connectivity index (χ3n) is 3.84. The summed E-state index contributed by atoms with van der Waals surface area (Å²) in [4.78, 5) is 9.22. The molecule has 2 aromatic rings. The van der Waals surface area contributed by atoms with Crippen LogP contribution in [-0.2, 0) is 0 Å². The Morgan fingerprint density at radius 2 is 2.10 bits per heavy atom. The van der Waals surface area contributed by atoms with Gasteiger partial charge in [-0.3, -0.25) is 9.30 Å².